The third-order valence-electron chi connectivity index (χ3n) is 4.99. The lowest BCUT2D eigenvalue weighted by Gasteiger charge is -2.37. The molecule has 0 amide bonds. The van der Waals surface area contributed by atoms with E-state index in [0.29, 0.717) is 30.7 Å². The zero-order valence-electron chi connectivity index (χ0n) is 10.5. The summed E-state index contributed by atoms with van der Waals surface area (Å²) in [5.41, 5.74) is 4.05. The van der Waals surface area contributed by atoms with Crippen LogP contribution in [0.5, 0.6) is 0 Å². The number of aryl methyl sites for hydroxylation is 1. The molecule has 2 unspecified atom stereocenters. The second-order valence-electron chi connectivity index (χ2n) is 5.78. The number of carbonyl (C=O) groups is 1. The molecule has 3 aliphatic rings. The van der Waals surface area contributed by atoms with E-state index in [1.54, 1.807) is 0 Å². The summed E-state index contributed by atoms with van der Waals surface area (Å²) in [6.45, 7) is 2.28. The normalized spacial score (nSPS) is 37.8. The van der Waals surface area contributed by atoms with E-state index >= 15 is 0 Å². The van der Waals surface area contributed by atoms with E-state index < -0.39 is 0 Å². The van der Waals surface area contributed by atoms with Crippen molar-refractivity contribution in [3.8, 4) is 0 Å². The molecule has 1 N–H and O–H groups in total. The van der Waals surface area contributed by atoms with Gasteiger partial charge >= 0.3 is 0 Å². The Morgan fingerprint density at radius 1 is 1.56 bits per heavy atom. The van der Waals surface area contributed by atoms with Crippen LogP contribution < -0.4 is 0 Å². The van der Waals surface area contributed by atoms with Gasteiger partial charge in [0.05, 0.1) is 6.04 Å². The van der Waals surface area contributed by atoms with Crippen molar-refractivity contribution in [2.45, 2.75) is 43.8 Å². The molecule has 3 aliphatic heterocycles. The first-order chi connectivity index (χ1) is 8.71. The zero-order valence-corrected chi connectivity index (χ0v) is 10.5. The van der Waals surface area contributed by atoms with Crippen LogP contribution in [0.15, 0.2) is 18.2 Å². The van der Waals surface area contributed by atoms with Gasteiger partial charge in [-0.25, -0.2) is 0 Å². The van der Waals surface area contributed by atoms with Gasteiger partial charge in [0.15, 0.2) is 5.78 Å². The summed E-state index contributed by atoms with van der Waals surface area (Å²) in [6.07, 6.45) is 2.13. The smallest absolute Gasteiger partial charge is 0.155 e. The van der Waals surface area contributed by atoms with Crippen molar-refractivity contribution < 1.29 is 9.90 Å². The minimum Gasteiger partial charge on any atom is -0.396 e. The summed E-state index contributed by atoms with van der Waals surface area (Å²) in [6, 6.07) is 7.28. The van der Waals surface area contributed by atoms with Gasteiger partial charge in [-0.05, 0) is 36.5 Å². The van der Waals surface area contributed by atoms with Gasteiger partial charge < -0.3 is 5.11 Å². The molecule has 3 heteroatoms. The highest BCUT2D eigenvalue weighted by Gasteiger charge is 2.81. The maximum atomic E-state index is 12.3. The Labute approximate surface area is 106 Å². The number of ketones is 1. The number of fused-ring (bicyclic) bond motifs is 4. The van der Waals surface area contributed by atoms with Gasteiger partial charge in [-0.15, -0.1) is 0 Å². The average molecular weight is 243 g/mol. The predicted molar refractivity (Wildman–Crippen MR) is 67.2 cm³/mol. The summed E-state index contributed by atoms with van der Waals surface area (Å²) < 4.78 is 0. The van der Waals surface area contributed by atoms with Crippen LogP contribution in [0.4, 0.5) is 0 Å². The first kappa shape index (κ1) is 10.7. The standard InChI is InChI=1S/C15H17NO2/c1-9-4-2-5-10-13(9)11-8-15(14(10)16(11)15)12(18)6-3-7-17/h2,4-5,11,14,17H,3,6-8H2,1H3/t11-,14-,15?,16?/m1/s1. The van der Waals surface area contributed by atoms with E-state index in [9.17, 15) is 4.79 Å². The van der Waals surface area contributed by atoms with E-state index in [0.717, 1.165) is 6.42 Å². The molecule has 4 atom stereocenters. The first-order valence-electron chi connectivity index (χ1n) is 6.74. The van der Waals surface area contributed by atoms with Gasteiger partial charge in [-0.2, -0.15) is 0 Å². The number of rotatable bonds is 4. The van der Waals surface area contributed by atoms with Crippen LogP contribution in [-0.4, -0.2) is 27.9 Å². The number of carbonyl (C=O) groups excluding carboxylic acids is 1. The van der Waals surface area contributed by atoms with Gasteiger partial charge in [0, 0.05) is 19.1 Å². The topological polar surface area (TPSA) is 40.3 Å². The SMILES string of the molecule is Cc1cccc2c1[C@H]1CC3(C(=O)CCCO)[C@@H]2N13. The second kappa shape index (κ2) is 3.22. The fourth-order valence-electron chi connectivity index (χ4n) is 4.22. The third-order valence-corrected chi connectivity index (χ3v) is 4.99. The summed E-state index contributed by atoms with van der Waals surface area (Å²) in [7, 11) is 0. The molecule has 0 radical (unpaired) electrons. The van der Waals surface area contributed by atoms with E-state index in [1.165, 1.54) is 16.7 Å². The summed E-state index contributed by atoms with van der Waals surface area (Å²) >= 11 is 0. The van der Waals surface area contributed by atoms with Crippen molar-refractivity contribution in [3.05, 3.63) is 34.9 Å². The Morgan fingerprint density at radius 2 is 2.39 bits per heavy atom. The largest absolute Gasteiger partial charge is 0.396 e. The highest BCUT2D eigenvalue weighted by atomic mass is 16.3. The van der Waals surface area contributed by atoms with E-state index in [1.807, 2.05) is 0 Å². The molecule has 94 valence electrons. The number of Topliss-reactive ketones (excluding diaryl/α,β-unsaturated/α-hetero) is 1. The molecular weight excluding hydrogens is 226 g/mol. The van der Waals surface area contributed by atoms with Gasteiger partial charge in [-0.1, -0.05) is 18.2 Å². The zero-order chi connectivity index (χ0) is 12.5. The number of hydrogen-bond acceptors (Lipinski definition) is 3. The molecule has 18 heavy (non-hydrogen) atoms. The van der Waals surface area contributed by atoms with Crippen molar-refractivity contribution in [2.75, 3.05) is 6.61 Å². The van der Waals surface area contributed by atoms with Crippen LogP contribution in [-0.2, 0) is 4.79 Å². The van der Waals surface area contributed by atoms with Crippen molar-refractivity contribution in [1.29, 1.82) is 0 Å². The Morgan fingerprint density at radius 3 is 3.17 bits per heavy atom. The Bertz CT molecular complexity index is 553. The lowest BCUT2D eigenvalue weighted by Crippen LogP contribution is -2.44. The fourth-order valence-corrected chi connectivity index (χ4v) is 4.22. The van der Waals surface area contributed by atoms with E-state index in [2.05, 4.69) is 30.0 Å². The second-order valence-corrected chi connectivity index (χ2v) is 5.78. The number of nitrogens with zero attached hydrogens (tertiary/aromatic N) is 1. The molecule has 4 rings (SSSR count). The van der Waals surface area contributed by atoms with Gasteiger partial charge in [0.2, 0.25) is 0 Å². The number of benzene rings is 1. The van der Waals surface area contributed by atoms with Gasteiger partial charge in [0.1, 0.15) is 5.54 Å². The minimum atomic E-state index is -0.166. The van der Waals surface area contributed by atoms with Gasteiger partial charge in [-0.3, -0.25) is 9.69 Å². The molecule has 1 aromatic carbocycles. The van der Waals surface area contributed by atoms with Crippen LogP contribution in [0.3, 0.4) is 0 Å². The minimum absolute atomic E-state index is 0.117. The molecule has 0 spiro atoms. The molecule has 0 saturated carbocycles. The highest BCUT2D eigenvalue weighted by Crippen LogP contribution is 2.77. The first-order valence-corrected chi connectivity index (χ1v) is 6.74. The maximum Gasteiger partial charge on any atom is 0.155 e. The lowest BCUT2D eigenvalue weighted by molar-refractivity contribution is -0.126. The Hall–Kier alpha value is -1.19. The monoisotopic (exact) mass is 243 g/mol. The predicted octanol–water partition coefficient (Wildman–Crippen LogP) is 1.89. The van der Waals surface area contributed by atoms with E-state index in [4.69, 9.17) is 5.11 Å². The Kier molecular flexibility index (Phi) is 1.92. The molecule has 0 aliphatic carbocycles. The summed E-state index contributed by atoms with van der Waals surface area (Å²) in [4.78, 5) is 14.7. The Balaban J connectivity index is 1.66. The van der Waals surface area contributed by atoms with Crippen molar-refractivity contribution in [1.82, 2.24) is 4.90 Å². The van der Waals surface area contributed by atoms with Crippen LogP contribution in [0.2, 0.25) is 0 Å². The lowest BCUT2D eigenvalue weighted by atomic mass is 9.74. The maximum absolute atomic E-state index is 12.3. The molecule has 3 heterocycles. The molecule has 2 saturated heterocycles. The van der Waals surface area contributed by atoms with Crippen LogP contribution in [0.1, 0.15) is 48.0 Å². The van der Waals surface area contributed by atoms with Crippen molar-refractivity contribution >= 4 is 5.78 Å². The number of hydrogen-bond donors (Lipinski definition) is 1. The third kappa shape index (κ3) is 0.975. The average Bonchev–Trinajstić information content (AvgIpc) is 2.77. The highest BCUT2D eigenvalue weighted by molar-refractivity contribution is 5.96. The summed E-state index contributed by atoms with van der Waals surface area (Å²) in [5, 5.41) is 8.85. The van der Waals surface area contributed by atoms with Crippen molar-refractivity contribution in [3.63, 3.8) is 0 Å². The summed E-state index contributed by atoms with van der Waals surface area (Å²) in [5.74, 6) is 0.338. The van der Waals surface area contributed by atoms with Gasteiger partial charge in [0.25, 0.3) is 0 Å². The fraction of sp³-hybridized carbons (Fsp3) is 0.533. The van der Waals surface area contributed by atoms with Crippen LogP contribution >= 0.6 is 0 Å². The van der Waals surface area contributed by atoms with E-state index in [-0.39, 0.29) is 12.1 Å². The van der Waals surface area contributed by atoms with Crippen molar-refractivity contribution in [2.24, 2.45) is 0 Å². The molecular formula is C15H17NO2. The molecule has 3 nitrogen and oxygen atoms in total. The molecule has 2 fully saturated rings. The quantitative estimate of drug-likeness (QED) is 0.821. The van der Waals surface area contributed by atoms with Crippen LogP contribution in [0.25, 0.3) is 0 Å². The molecule has 0 aromatic heterocycles. The van der Waals surface area contributed by atoms with Crippen LogP contribution in [0, 0.1) is 6.92 Å². The molecule has 1 aromatic rings. The molecule has 0 bridgehead atoms. The number of aliphatic hydroxyl groups is 1. The number of aliphatic hydroxyl groups excluding tert-OH is 1.